The smallest absolute Gasteiger partial charge is 0.0446 e. The molecule has 0 spiro atoms. The van der Waals surface area contributed by atoms with Crippen molar-refractivity contribution in [1.29, 1.82) is 0 Å². The van der Waals surface area contributed by atoms with Crippen molar-refractivity contribution in [3.05, 3.63) is 35.4 Å². The van der Waals surface area contributed by atoms with Crippen molar-refractivity contribution in [2.45, 2.75) is 25.6 Å². The molecule has 0 aromatic heterocycles. The summed E-state index contributed by atoms with van der Waals surface area (Å²) in [6.45, 7) is 3.04. The van der Waals surface area contributed by atoms with Gasteiger partial charge in [0.05, 0.1) is 0 Å². The Morgan fingerprint density at radius 1 is 1.27 bits per heavy atom. The van der Waals surface area contributed by atoms with Crippen LogP contribution in [0.15, 0.2) is 24.3 Å². The molecule has 1 aromatic rings. The van der Waals surface area contributed by atoms with E-state index in [1.54, 1.807) is 0 Å². The van der Waals surface area contributed by atoms with E-state index in [4.69, 9.17) is 10.8 Å². The number of rotatable bonds is 4. The van der Waals surface area contributed by atoms with Gasteiger partial charge in [-0.25, -0.2) is 0 Å². The lowest BCUT2D eigenvalue weighted by Gasteiger charge is -2.19. The minimum atomic E-state index is 0.0873. The van der Waals surface area contributed by atoms with E-state index in [1.807, 2.05) is 0 Å². The summed E-state index contributed by atoms with van der Waals surface area (Å²) < 4.78 is 0. The number of aliphatic hydroxyl groups is 1. The fraction of sp³-hybridized carbons (Fsp3) is 0.500. The maximum Gasteiger partial charge on any atom is 0.0446 e. The van der Waals surface area contributed by atoms with Crippen molar-refractivity contribution in [2.24, 2.45) is 5.73 Å². The van der Waals surface area contributed by atoms with Gasteiger partial charge in [-0.3, -0.25) is 4.90 Å². The quantitative estimate of drug-likeness (QED) is 0.763. The normalized spacial score (nSPS) is 17.7. The van der Waals surface area contributed by atoms with Gasteiger partial charge in [0.2, 0.25) is 0 Å². The Kier molecular flexibility index (Phi) is 3.36. The summed E-state index contributed by atoms with van der Waals surface area (Å²) in [5, 5.41) is 8.79. The first-order valence-electron chi connectivity index (χ1n) is 5.45. The number of fused-ring (bicyclic) bond motifs is 1. The highest BCUT2D eigenvalue weighted by atomic mass is 16.3. The van der Waals surface area contributed by atoms with Crippen LogP contribution in [0, 0.1) is 0 Å². The molecule has 15 heavy (non-hydrogen) atoms. The number of hydrogen-bond acceptors (Lipinski definition) is 3. The second-order valence-electron chi connectivity index (χ2n) is 4.21. The molecule has 3 heteroatoms. The molecular weight excluding hydrogens is 188 g/mol. The van der Waals surface area contributed by atoms with E-state index in [2.05, 4.69) is 29.2 Å². The first-order valence-corrected chi connectivity index (χ1v) is 5.45. The van der Waals surface area contributed by atoms with Crippen LogP contribution in [0.4, 0.5) is 0 Å². The van der Waals surface area contributed by atoms with Gasteiger partial charge in [0, 0.05) is 32.3 Å². The molecule has 0 aliphatic carbocycles. The van der Waals surface area contributed by atoms with E-state index in [-0.39, 0.29) is 12.6 Å². The number of nitrogens with two attached hydrogens (primary N) is 1. The summed E-state index contributed by atoms with van der Waals surface area (Å²) >= 11 is 0. The van der Waals surface area contributed by atoms with Crippen LogP contribution in [-0.2, 0) is 13.1 Å². The summed E-state index contributed by atoms with van der Waals surface area (Å²) in [7, 11) is 0. The molecule has 82 valence electrons. The topological polar surface area (TPSA) is 49.5 Å². The third kappa shape index (κ3) is 2.56. The van der Waals surface area contributed by atoms with Crippen molar-refractivity contribution >= 4 is 0 Å². The Morgan fingerprint density at radius 3 is 2.40 bits per heavy atom. The van der Waals surface area contributed by atoms with E-state index >= 15 is 0 Å². The summed E-state index contributed by atoms with van der Waals surface area (Å²) in [6, 6.07) is 8.59. The molecule has 0 saturated heterocycles. The van der Waals surface area contributed by atoms with Gasteiger partial charge in [-0.05, 0) is 17.5 Å². The molecule has 1 aromatic carbocycles. The molecule has 0 radical (unpaired) electrons. The van der Waals surface area contributed by atoms with E-state index in [9.17, 15) is 0 Å². The van der Waals surface area contributed by atoms with Crippen LogP contribution in [0.3, 0.4) is 0 Å². The third-order valence-electron chi connectivity index (χ3n) is 2.90. The van der Waals surface area contributed by atoms with Crippen molar-refractivity contribution in [3.8, 4) is 0 Å². The average molecular weight is 206 g/mol. The molecule has 0 bridgehead atoms. The van der Waals surface area contributed by atoms with E-state index < -0.39 is 0 Å². The average Bonchev–Trinajstić information content (AvgIpc) is 2.59. The van der Waals surface area contributed by atoms with Crippen molar-refractivity contribution in [3.63, 3.8) is 0 Å². The molecule has 3 N–H and O–H groups in total. The standard InChI is InChI=1S/C12H18N2O/c13-12(5-6-15)9-14-7-10-3-1-2-4-11(10)8-14/h1-4,12,15H,5-9,13H2. The van der Waals surface area contributed by atoms with E-state index in [1.165, 1.54) is 11.1 Å². The molecule has 0 amide bonds. The van der Waals surface area contributed by atoms with E-state index in [0.29, 0.717) is 6.42 Å². The SMILES string of the molecule is NC(CCO)CN1Cc2ccccc2C1. The van der Waals surface area contributed by atoms with Crippen LogP contribution < -0.4 is 5.73 Å². The van der Waals surface area contributed by atoms with Crippen LogP contribution in [0.2, 0.25) is 0 Å². The summed E-state index contributed by atoms with van der Waals surface area (Å²) in [4.78, 5) is 2.34. The predicted molar refractivity (Wildman–Crippen MR) is 60.2 cm³/mol. The van der Waals surface area contributed by atoms with Gasteiger partial charge >= 0.3 is 0 Å². The Hall–Kier alpha value is -0.900. The summed E-state index contributed by atoms with van der Waals surface area (Å²) in [5.41, 5.74) is 8.72. The maximum atomic E-state index is 8.79. The molecule has 2 rings (SSSR count). The van der Waals surface area contributed by atoms with Crippen LogP contribution in [0.1, 0.15) is 17.5 Å². The zero-order valence-electron chi connectivity index (χ0n) is 8.89. The molecule has 1 aliphatic rings. The van der Waals surface area contributed by atoms with Gasteiger partial charge in [-0.2, -0.15) is 0 Å². The lowest BCUT2D eigenvalue weighted by molar-refractivity contribution is 0.227. The number of benzene rings is 1. The van der Waals surface area contributed by atoms with Gasteiger partial charge in [0.25, 0.3) is 0 Å². The molecule has 0 fully saturated rings. The largest absolute Gasteiger partial charge is 0.396 e. The minimum absolute atomic E-state index is 0.0873. The third-order valence-corrected chi connectivity index (χ3v) is 2.90. The Balaban J connectivity index is 1.90. The van der Waals surface area contributed by atoms with Crippen LogP contribution in [-0.4, -0.2) is 29.2 Å². The molecule has 1 atom stereocenters. The fourth-order valence-corrected chi connectivity index (χ4v) is 2.12. The first kappa shape index (κ1) is 10.6. The van der Waals surface area contributed by atoms with Crippen molar-refractivity contribution < 1.29 is 5.11 Å². The maximum absolute atomic E-state index is 8.79. The Morgan fingerprint density at radius 2 is 1.87 bits per heavy atom. The van der Waals surface area contributed by atoms with Gasteiger partial charge < -0.3 is 10.8 Å². The van der Waals surface area contributed by atoms with Crippen LogP contribution >= 0.6 is 0 Å². The molecule has 1 heterocycles. The van der Waals surface area contributed by atoms with Crippen molar-refractivity contribution in [1.82, 2.24) is 4.90 Å². The fourth-order valence-electron chi connectivity index (χ4n) is 2.12. The summed E-state index contributed by atoms with van der Waals surface area (Å²) in [6.07, 6.45) is 0.687. The lowest BCUT2D eigenvalue weighted by Crippen LogP contribution is -2.35. The second-order valence-corrected chi connectivity index (χ2v) is 4.21. The number of hydrogen-bond donors (Lipinski definition) is 2. The highest BCUT2D eigenvalue weighted by Gasteiger charge is 2.19. The predicted octanol–water partition coefficient (Wildman–Crippen LogP) is 0.712. The molecule has 3 nitrogen and oxygen atoms in total. The molecule has 1 unspecified atom stereocenters. The van der Waals surface area contributed by atoms with Gasteiger partial charge in [-0.15, -0.1) is 0 Å². The minimum Gasteiger partial charge on any atom is -0.396 e. The van der Waals surface area contributed by atoms with Gasteiger partial charge in [0.1, 0.15) is 0 Å². The molecular formula is C12H18N2O. The number of aliphatic hydroxyl groups excluding tert-OH is 1. The lowest BCUT2D eigenvalue weighted by atomic mass is 10.1. The zero-order chi connectivity index (χ0) is 10.7. The highest BCUT2D eigenvalue weighted by molar-refractivity contribution is 5.30. The summed E-state index contributed by atoms with van der Waals surface area (Å²) in [5.74, 6) is 0. The van der Waals surface area contributed by atoms with Crippen LogP contribution in [0.5, 0.6) is 0 Å². The van der Waals surface area contributed by atoms with E-state index in [0.717, 1.165) is 19.6 Å². The second kappa shape index (κ2) is 4.75. The molecule has 0 saturated carbocycles. The Labute approximate surface area is 90.5 Å². The Bertz CT molecular complexity index is 302. The zero-order valence-corrected chi connectivity index (χ0v) is 8.89. The van der Waals surface area contributed by atoms with Crippen molar-refractivity contribution in [2.75, 3.05) is 13.2 Å². The molecule has 1 aliphatic heterocycles. The van der Waals surface area contributed by atoms with Gasteiger partial charge in [0.15, 0.2) is 0 Å². The van der Waals surface area contributed by atoms with Gasteiger partial charge in [-0.1, -0.05) is 24.3 Å². The number of nitrogens with zero attached hydrogens (tertiary/aromatic N) is 1. The van der Waals surface area contributed by atoms with Crippen LogP contribution in [0.25, 0.3) is 0 Å². The monoisotopic (exact) mass is 206 g/mol. The highest BCUT2D eigenvalue weighted by Crippen LogP contribution is 2.21. The first-order chi connectivity index (χ1) is 7.29.